The van der Waals surface area contributed by atoms with E-state index in [1.807, 2.05) is 6.92 Å². The molecular formula is C12H9F3N2OS. The van der Waals surface area contributed by atoms with E-state index in [4.69, 9.17) is 0 Å². The number of carbonyl (C=O) groups excluding carboxylic acids is 1. The lowest BCUT2D eigenvalue weighted by molar-refractivity contribution is -0.137. The molecule has 2 rings (SSSR count). The van der Waals surface area contributed by atoms with Gasteiger partial charge in [-0.2, -0.15) is 13.2 Å². The number of aromatic nitrogens is 2. The van der Waals surface area contributed by atoms with Gasteiger partial charge in [0.1, 0.15) is 5.69 Å². The summed E-state index contributed by atoms with van der Waals surface area (Å²) in [4.78, 5) is 19.2. The van der Waals surface area contributed by atoms with Crippen LogP contribution in [-0.4, -0.2) is 15.8 Å². The SMILES string of the molecule is Cc1cnc(C(=O)c2cnc(C(F)(F)F)s2)c(C)c1. The van der Waals surface area contributed by atoms with Gasteiger partial charge >= 0.3 is 6.18 Å². The highest BCUT2D eigenvalue weighted by molar-refractivity contribution is 7.13. The highest BCUT2D eigenvalue weighted by atomic mass is 32.1. The molecule has 0 atom stereocenters. The molecule has 0 N–H and O–H groups in total. The molecule has 0 fully saturated rings. The van der Waals surface area contributed by atoms with E-state index >= 15 is 0 Å². The van der Waals surface area contributed by atoms with Crippen molar-refractivity contribution in [2.45, 2.75) is 20.0 Å². The van der Waals surface area contributed by atoms with Crippen LogP contribution in [0, 0.1) is 13.8 Å². The predicted octanol–water partition coefficient (Wildman–Crippen LogP) is 3.40. The van der Waals surface area contributed by atoms with Crippen LogP contribution in [0.15, 0.2) is 18.5 Å². The van der Waals surface area contributed by atoms with Gasteiger partial charge in [-0.15, -0.1) is 11.3 Å². The Hall–Kier alpha value is -1.76. The van der Waals surface area contributed by atoms with Crippen LogP contribution >= 0.6 is 11.3 Å². The van der Waals surface area contributed by atoms with Crippen molar-refractivity contribution >= 4 is 17.1 Å². The third kappa shape index (κ3) is 2.81. The van der Waals surface area contributed by atoms with Gasteiger partial charge in [0.25, 0.3) is 0 Å². The predicted molar refractivity (Wildman–Crippen MR) is 64.3 cm³/mol. The fraction of sp³-hybridized carbons (Fsp3) is 0.250. The Bertz CT molecular complexity index is 634. The van der Waals surface area contributed by atoms with Crippen LogP contribution in [-0.2, 0) is 6.18 Å². The zero-order chi connectivity index (χ0) is 14.2. The summed E-state index contributed by atoms with van der Waals surface area (Å²) < 4.78 is 37.3. The van der Waals surface area contributed by atoms with Crippen LogP contribution in [0.25, 0.3) is 0 Å². The lowest BCUT2D eigenvalue weighted by Crippen LogP contribution is -2.05. The standard InChI is InChI=1S/C12H9F3N2OS/c1-6-3-7(2)9(16-4-6)10(18)8-5-17-11(19-8)12(13,14)15/h3-5H,1-2H3. The van der Waals surface area contributed by atoms with Gasteiger partial charge in [-0.1, -0.05) is 6.07 Å². The van der Waals surface area contributed by atoms with Gasteiger partial charge in [0.15, 0.2) is 5.01 Å². The molecule has 2 heterocycles. The molecule has 3 nitrogen and oxygen atoms in total. The van der Waals surface area contributed by atoms with E-state index in [2.05, 4.69) is 9.97 Å². The van der Waals surface area contributed by atoms with Crippen LogP contribution in [0.3, 0.4) is 0 Å². The molecule has 0 aliphatic carbocycles. The zero-order valence-corrected chi connectivity index (χ0v) is 10.9. The average Bonchev–Trinajstić information content (AvgIpc) is 2.76. The summed E-state index contributed by atoms with van der Waals surface area (Å²) in [6, 6.07) is 1.76. The number of ketones is 1. The van der Waals surface area contributed by atoms with Crippen molar-refractivity contribution in [3.8, 4) is 0 Å². The monoisotopic (exact) mass is 286 g/mol. The van der Waals surface area contributed by atoms with Gasteiger partial charge in [-0.3, -0.25) is 9.78 Å². The second-order valence-electron chi connectivity index (χ2n) is 4.03. The molecule has 19 heavy (non-hydrogen) atoms. The van der Waals surface area contributed by atoms with Crippen molar-refractivity contribution < 1.29 is 18.0 Å². The summed E-state index contributed by atoms with van der Waals surface area (Å²) in [6.07, 6.45) is -2.08. The number of rotatable bonds is 2. The Labute approximate surface area is 111 Å². The molecular weight excluding hydrogens is 277 g/mol. The normalized spacial score (nSPS) is 11.6. The van der Waals surface area contributed by atoms with Crippen LogP contribution in [0.1, 0.15) is 31.5 Å². The van der Waals surface area contributed by atoms with Crippen molar-refractivity contribution in [3.05, 3.63) is 45.2 Å². The number of hydrogen-bond acceptors (Lipinski definition) is 4. The summed E-state index contributed by atoms with van der Waals surface area (Å²) in [6.45, 7) is 3.52. The number of hydrogen-bond donors (Lipinski definition) is 0. The van der Waals surface area contributed by atoms with Crippen molar-refractivity contribution in [3.63, 3.8) is 0 Å². The lowest BCUT2D eigenvalue weighted by atomic mass is 10.1. The quantitative estimate of drug-likeness (QED) is 0.795. The number of alkyl halides is 3. The Morgan fingerprint density at radius 3 is 2.42 bits per heavy atom. The Morgan fingerprint density at radius 1 is 1.21 bits per heavy atom. The number of halogens is 3. The molecule has 2 aromatic rings. The van der Waals surface area contributed by atoms with Gasteiger partial charge in [0, 0.05) is 12.4 Å². The zero-order valence-electron chi connectivity index (χ0n) is 10.1. The largest absolute Gasteiger partial charge is 0.443 e. The van der Waals surface area contributed by atoms with Crippen molar-refractivity contribution in [1.29, 1.82) is 0 Å². The first-order chi connectivity index (χ1) is 8.79. The first kappa shape index (κ1) is 13.7. The molecule has 0 aliphatic heterocycles. The van der Waals surface area contributed by atoms with Gasteiger partial charge in [-0.25, -0.2) is 4.98 Å². The third-order valence-electron chi connectivity index (χ3n) is 2.40. The molecule has 0 saturated heterocycles. The maximum Gasteiger partial charge on any atom is 0.443 e. The van der Waals surface area contributed by atoms with Crippen LogP contribution in [0.5, 0.6) is 0 Å². The fourth-order valence-corrected chi connectivity index (χ4v) is 2.30. The molecule has 0 unspecified atom stereocenters. The molecule has 0 bridgehead atoms. The Morgan fingerprint density at radius 2 is 1.89 bits per heavy atom. The number of aryl methyl sites for hydroxylation is 2. The van der Waals surface area contributed by atoms with Crippen molar-refractivity contribution in [2.75, 3.05) is 0 Å². The van der Waals surface area contributed by atoms with E-state index in [9.17, 15) is 18.0 Å². The summed E-state index contributed by atoms with van der Waals surface area (Å²) in [5.74, 6) is -0.537. The van der Waals surface area contributed by atoms with E-state index in [0.29, 0.717) is 16.9 Å². The highest BCUT2D eigenvalue weighted by Gasteiger charge is 2.35. The maximum absolute atomic E-state index is 12.4. The number of nitrogens with zero attached hydrogens (tertiary/aromatic N) is 2. The Kier molecular flexibility index (Phi) is 3.40. The van der Waals surface area contributed by atoms with E-state index in [-0.39, 0.29) is 10.6 Å². The summed E-state index contributed by atoms with van der Waals surface area (Å²) in [5.41, 5.74) is 1.67. The first-order valence-corrected chi connectivity index (χ1v) is 6.11. The molecule has 100 valence electrons. The Balaban J connectivity index is 2.37. The van der Waals surface area contributed by atoms with Gasteiger partial charge < -0.3 is 0 Å². The molecule has 0 spiro atoms. The van der Waals surface area contributed by atoms with Gasteiger partial charge in [0.05, 0.1) is 4.88 Å². The number of thiazole rings is 1. The van der Waals surface area contributed by atoms with Crippen molar-refractivity contribution in [1.82, 2.24) is 9.97 Å². The minimum absolute atomic E-state index is 0.0632. The van der Waals surface area contributed by atoms with Gasteiger partial charge in [-0.05, 0) is 25.0 Å². The summed E-state index contributed by atoms with van der Waals surface area (Å²) in [7, 11) is 0. The summed E-state index contributed by atoms with van der Waals surface area (Å²) >= 11 is 0.330. The van der Waals surface area contributed by atoms with E-state index < -0.39 is 17.0 Å². The molecule has 2 aromatic heterocycles. The molecule has 0 saturated carbocycles. The van der Waals surface area contributed by atoms with Gasteiger partial charge in [0.2, 0.25) is 5.78 Å². The lowest BCUT2D eigenvalue weighted by Gasteiger charge is -2.03. The summed E-state index contributed by atoms with van der Waals surface area (Å²) in [5, 5.41) is -1.03. The number of pyridine rings is 1. The molecule has 0 aromatic carbocycles. The van der Waals surface area contributed by atoms with Crippen LogP contribution < -0.4 is 0 Å². The topological polar surface area (TPSA) is 42.9 Å². The number of carbonyl (C=O) groups is 1. The molecule has 0 aliphatic rings. The second-order valence-corrected chi connectivity index (χ2v) is 5.07. The molecule has 7 heteroatoms. The van der Waals surface area contributed by atoms with Crippen molar-refractivity contribution in [2.24, 2.45) is 0 Å². The smallest absolute Gasteiger partial charge is 0.286 e. The second kappa shape index (κ2) is 4.73. The highest BCUT2D eigenvalue weighted by Crippen LogP contribution is 2.33. The molecule has 0 radical (unpaired) electrons. The van der Waals surface area contributed by atoms with Crippen LogP contribution in [0.4, 0.5) is 13.2 Å². The maximum atomic E-state index is 12.4. The first-order valence-electron chi connectivity index (χ1n) is 5.30. The fourth-order valence-electron chi connectivity index (χ4n) is 1.58. The van der Waals surface area contributed by atoms with E-state index in [1.165, 1.54) is 6.20 Å². The third-order valence-corrected chi connectivity index (χ3v) is 3.44. The molecule has 0 amide bonds. The van der Waals surface area contributed by atoms with E-state index in [1.54, 1.807) is 13.0 Å². The average molecular weight is 286 g/mol. The van der Waals surface area contributed by atoms with Crippen LogP contribution in [0.2, 0.25) is 0 Å². The minimum atomic E-state index is -4.53. The van der Waals surface area contributed by atoms with E-state index in [0.717, 1.165) is 11.8 Å². The minimum Gasteiger partial charge on any atom is -0.286 e.